The van der Waals surface area contributed by atoms with Gasteiger partial charge in [0.1, 0.15) is 28.3 Å². The summed E-state index contributed by atoms with van der Waals surface area (Å²) in [5.41, 5.74) is 2.80. The first-order valence-electron chi connectivity index (χ1n) is 14.5. The quantitative estimate of drug-likeness (QED) is 0.118. The Bertz CT molecular complexity index is 1170. The van der Waals surface area contributed by atoms with Gasteiger partial charge in [0.05, 0.1) is 5.56 Å². The van der Waals surface area contributed by atoms with E-state index in [2.05, 4.69) is 31.2 Å². The number of hydrogen-bond acceptors (Lipinski definition) is 0. The summed E-state index contributed by atoms with van der Waals surface area (Å²) in [6.07, 6.45) is 14.9. The third kappa shape index (κ3) is 8.33. The Morgan fingerprint density at radius 3 is 1.62 bits per heavy atom. The van der Waals surface area contributed by atoms with Crippen molar-refractivity contribution in [2.75, 3.05) is 0 Å². The normalized spacial score (nSPS) is 17.5. The summed E-state index contributed by atoms with van der Waals surface area (Å²) in [5, 5.41) is -0.687. The molecule has 210 valence electrons. The van der Waals surface area contributed by atoms with Crippen LogP contribution < -0.4 is 0 Å². The van der Waals surface area contributed by atoms with Gasteiger partial charge in [0.15, 0.2) is 0 Å². The lowest BCUT2D eigenvalue weighted by Crippen LogP contribution is -2.16. The lowest BCUT2D eigenvalue weighted by atomic mass is 9.77. The minimum Gasteiger partial charge on any atom is -0.206 e. The van der Waals surface area contributed by atoms with Crippen molar-refractivity contribution < 1.29 is 17.6 Å². The van der Waals surface area contributed by atoms with Crippen molar-refractivity contribution in [2.45, 2.75) is 90.4 Å². The molecule has 0 unspecified atom stereocenters. The average molecular weight is 559 g/mol. The number of halogens is 5. The molecule has 39 heavy (non-hydrogen) atoms. The summed E-state index contributed by atoms with van der Waals surface area (Å²) >= 11 is 5.50. The first-order valence-corrected chi connectivity index (χ1v) is 14.9. The van der Waals surface area contributed by atoms with Crippen molar-refractivity contribution in [3.8, 4) is 11.1 Å². The summed E-state index contributed by atoms with van der Waals surface area (Å²) in [4.78, 5) is 0. The fourth-order valence-electron chi connectivity index (χ4n) is 5.92. The highest BCUT2D eigenvalue weighted by Gasteiger charge is 2.22. The van der Waals surface area contributed by atoms with Crippen LogP contribution in [0, 0.1) is 35.1 Å². The Labute approximate surface area is 235 Å². The van der Waals surface area contributed by atoms with Gasteiger partial charge >= 0.3 is 0 Å². The number of rotatable bonds is 12. The van der Waals surface area contributed by atoms with Gasteiger partial charge in [-0.25, -0.2) is 17.6 Å². The van der Waals surface area contributed by atoms with Gasteiger partial charge in [-0.2, -0.15) is 0 Å². The molecule has 3 aromatic rings. The van der Waals surface area contributed by atoms with Crippen LogP contribution in [0.3, 0.4) is 0 Å². The van der Waals surface area contributed by atoms with Crippen LogP contribution in [-0.4, -0.2) is 0 Å². The molecule has 0 radical (unpaired) electrons. The second-order valence-corrected chi connectivity index (χ2v) is 11.7. The van der Waals surface area contributed by atoms with Gasteiger partial charge in [-0.1, -0.05) is 87.7 Å². The predicted octanol–water partition coefficient (Wildman–Crippen LogP) is 11.1. The minimum absolute atomic E-state index is 0.201. The van der Waals surface area contributed by atoms with E-state index < -0.39 is 33.9 Å². The zero-order valence-electron chi connectivity index (χ0n) is 22.9. The zero-order valence-corrected chi connectivity index (χ0v) is 23.6. The number of aryl methyl sites for hydroxylation is 3. The summed E-state index contributed by atoms with van der Waals surface area (Å²) in [6, 6.07) is 13.5. The minimum atomic E-state index is -1.05. The molecule has 0 atom stereocenters. The van der Waals surface area contributed by atoms with Crippen molar-refractivity contribution in [3.05, 3.63) is 93.5 Å². The lowest BCUT2D eigenvalue weighted by molar-refractivity contribution is 0.253. The average Bonchev–Trinajstić information content (AvgIpc) is 2.92. The van der Waals surface area contributed by atoms with E-state index in [-0.39, 0.29) is 5.56 Å². The third-order valence-electron chi connectivity index (χ3n) is 8.37. The van der Waals surface area contributed by atoms with Crippen LogP contribution in [-0.2, 0) is 19.3 Å². The summed E-state index contributed by atoms with van der Waals surface area (Å²) < 4.78 is 57.2. The summed E-state index contributed by atoms with van der Waals surface area (Å²) in [5.74, 6) is -2.44. The maximum atomic E-state index is 14.8. The molecule has 1 saturated carbocycles. The highest BCUT2D eigenvalue weighted by molar-refractivity contribution is 6.31. The molecule has 1 aliphatic rings. The molecule has 1 aliphatic carbocycles. The molecular weight excluding hydrogens is 520 g/mol. The van der Waals surface area contributed by atoms with E-state index in [0.29, 0.717) is 17.9 Å². The molecule has 4 rings (SSSR count). The number of benzene rings is 3. The largest absolute Gasteiger partial charge is 0.206 e. The Hall–Kier alpha value is -2.33. The fourth-order valence-corrected chi connectivity index (χ4v) is 6.03. The maximum Gasteiger partial charge on any atom is 0.145 e. The van der Waals surface area contributed by atoms with Gasteiger partial charge in [-0.05, 0) is 96.9 Å². The lowest BCUT2D eigenvalue weighted by Gasteiger charge is -2.28. The van der Waals surface area contributed by atoms with E-state index in [9.17, 15) is 17.6 Å². The van der Waals surface area contributed by atoms with Crippen LogP contribution in [0.15, 0.2) is 48.5 Å². The second kappa shape index (κ2) is 14.3. The first kappa shape index (κ1) is 29.6. The van der Waals surface area contributed by atoms with E-state index in [1.54, 1.807) is 0 Å². The molecule has 3 aromatic carbocycles. The standard InChI is InChI=1S/C34H39ClF4/c1-2-3-4-5-6-23-7-9-24(10-8-23)11-12-25-13-15-26(16-14-25)17-18-27-19-29(36)33(30(37)20-27)28-21-31(38)34(35)32(39)22-28/h7-10,19-22,25-26H,2-6,11-18H2,1H3/t25-,26-. The van der Waals surface area contributed by atoms with Crippen molar-refractivity contribution in [1.29, 1.82) is 0 Å². The van der Waals surface area contributed by atoms with Gasteiger partial charge in [0.2, 0.25) is 0 Å². The van der Waals surface area contributed by atoms with Crippen LogP contribution in [0.5, 0.6) is 0 Å². The van der Waals surface area contributed by atoms with Crippen LogP contribution >= 0.6 is 11.6 Å². The number of unbranched alkanes of at least 4 members (excludes halogenated alkanes) is 3. The van der Waals surface area contributed by atoms with Crippen LogP contribution in [0.1, 0.15) is 87.8 Å². The van der Waals surface area contributed by atoms with Crippen molar-refractivity contribution >= 4 is 11.6 Å². The molecule has 0 N–H and O–H groups in total. The molecular formula is C34H39ClF4. The fraction of sp³-hybridized carbons (Fsp3) is 0.471. The topological polar surface area (TPSA) is 0 Å². The third-order valence-corrected chi connectivity index (χ3v) is 8.73. The molecule has 1 fully saturated rings. The van der Waals surface area contributed by atoms with Crippen LogP contribution in [0.4, 0.5) is 17.6 Å². The maximum absolute atomic E-state index is 14.8. The molecule has 0 heterocycles. The Morgan fingerprint density at radius 1 is 0.615 bits per heavy atom. The van der Waals surface area contributed by atoms with Gasteiger partial charge in [0, 0.05) is 0 Å². The first-order chi connectivity index (χ1) is 18.8. The molecule has 0 spiro atoms. The summed E-state index contributed by atoms with van der Waals surface area (Å²) in [7, 11) is 0. The Kier molecular flexibility index (Phi) is 10.9. The van der Waals surface area contributed by atoms with Gasteiger partial charge < -0.3 is 0 Å². The Morgan fingerprint density at radius 2 is 1.10 bits per heavy atom. The molecule has 5 heteroatoms. The Balaban J connectivity index is 1.21. The molecule has 0 saturated heterocycles. The molecule has 0 aliphatic heterocycles. The predicted molar refractivity (Wildman–Crippen MR) is 153 cm³/mol. The smallest absolute Gasteiger partial charge is 0.145 e. The van der Waals surface area contributed by atoms with Crippen molar-refractivity contribution in [2.24, 2.45) is 11.8 Å². The van der Waals surface area contributed by atoms with Crippen molar-refractivity contribution in [1.82, 2.24) is 0 Å². The van der Waals surface area contributed by atoms with E-state index >= 15 is 0 Å². The SMILES string of the molecule is CCCCCCc1ccc(CC[C@H]2CC[C@H](CCc3cc(F)c(-c4cc(F)c(Cl)c(F)c4)c(F)c3)CC2)cc1. The summed E-state index contributed by atoms with van der Waals surface area (Å²) in [6.45, 7) is 2.24. The highest BCUT2D eigenvalue weighted by Crippen LogP contribution is 2.35. The van der Waals surface area contributed by atoms with E-state index in [0.717, 1.165) is 43.7 Å². The van der Waals surface area contributed by atoms with E-state index in [1.807, 2.05) is 0 Å². The molecule has 0 amide bonds. The zero-order chi connectivity index (χ0) is 27.8. The van der Waals surface area contributed by atoms with Crippen LogP contribution in [0.25, 0.3) is 11.1 Å². The van der Waals surface area contributed by atoms with E-state index in [4.69, 9.17) is 11.6 Å². The monoisotopic (exact) mass is 558 g/mol. The van der Waals surface area contributed by atoms with Crippen molar-refractivity contribution in [3.63, 3.8) is 0 Å². The van der Waals surface area contributed by atoms with Gasteiger partial charge in [-0.3, -0.25) is 0 Å². The number of hydrogen-bond donors (Lipinski definition) is 0. The molecule has 0 bridgehead atoms. The highest BCUT2D eigenvalue weighted by atomic mass is 35.5. The van der Waals surface area contributed by atoms with Gasteiger partial charge in [0.25, 0.3) is 0 Å². The second-order valence-electron chi connectivity index (χ2n) is 11.3. The van der Waals surface area contributed by atoms with E-state index in [1.165, 1.54) is 74.6 Å². The van der Waals surface area contributed by atoms with Gasteiger partial charge in [-0.15, -0.1) is 0 Å². The molecule has 0 nitrogen and oxygen atoms in total. The van der Waals surface area contributed by atoms with Crippen LogP contribution in [0.2, 0.25) is 5.02 Å². The molecule has 0 aromatic heterocycles.